The summed E-state index contributed by atoms with van der Waals surface area (Å²) < 4.78 is 5.27. The van der Waals surface area contributed by atoms with Crippen LogP contribution in [0.15, 0.2) is 0 Å². The molecule has 0 unspecified atom stereocenters. The largest absolute Gasteiger partial charge is 0.461 e. The fraction of sp³-hybridized carbons (Fsp3) is 0.750. The van der Waals surface area contributed by atoms with Gasteiger partial charge in [0.1, 0.15) is 6.10 Å². The quantitative estimate of drug-likeness (QED) is 0.494. The topological polar surface area (TPSA) is 60.4 Å². The molecule has 0 radical (unpaired) electrons. The highest BCUT2D eigenvalue weighted by Crippen LogP contribution is 2.60. The minimum Gasteiger partial charge on any atom is -0.461 e. The number of hydrogen-bond acceptors (Lipinski definition) is 4. The van der Waals surface area contributed by atoms with Crippen LogP contribution in [0.2, 0.25) is 0 Å². The predicted octanol–water partition coefficient (Wildman–Crippen LogP) is 1.12. The Kier molecular flexibility index (Phi) is 2.07. The molecule has 2 bridgehead atoms. The molecule has 4 heteroatoms. The van der Waals surface area contributed by atoms with Crippen molar-refractivity contribution in [2.75, 3.05) is 0 Å². The minimum atomic E-state index is -0.809. The Bertz CT molecular complexity index is 396. The lowest BCUT2D eigenvalue weighted by molar-refractivity contribution is -0.169. The van der Waals surface area contributed by atoms with E-state index < -0.39 is 22.9 Å². The van der Waals surface area contributed by atoms with Crippen molar-refractivity contribution >= 4 is 17.5 Å². The zero-order chi connectivity index (χ0) is 12.3. The molecule has 0 spiro atoms. The normalized spacial score (nSPS) is 40.2. The van der Waals surface area contributed by atoms with Crippen molar-refractivity contribution in [3.8, 4) is 0 Å². The van der Waals surface area contributed by atoms with Crippen molar-refractivity contribution in [3.05, 3.63) is 0 Å². The Hall–Kier alpha value is -1.19. The number of rotatable bonds is 1. The summed E-state index contributed by atoms with van der Waals surface area (Å²) in [7, 11) is 0. The number of Topliss-reactive ketones (excluding diaryl/α,β-unsaturated/α-hetero) is 2. The van der Waals surface area contributed by atoms with Gasteiger partial charge in [0.15, 0.2) is 0 Å². The highest BCUT2D eigenvalue weighted by Gasteiger charge is 2.70. The maximum Gasteiger partial charge on any atom is 0.302 e. The summed E-state index contributed by atoms with van der Waals surface area (Å²) in [6.07, 6.45) is 0.0306. The number of carbonyl (C=O) groups is 3. The first-order chi connectivity index (χ1) is 7.21. The molecule has 2 aliphatic rings. The Balaban J connectivity index is 2.43. The lowest BCUT2D eigenvalue weighted by Gasteiger charge is -2.39. The standard InChI is InChI=1S/C12H16O4/c1-6(13)16-10-11(2,3)7-5-12(10,4)9(15)8(7)14/h7,10H,5H2,1-4H3/t7-,10+,12+/m1/s1. The van der Waals surface area contributed by atoms with Crippen molar-refractivity contribution in [1.82, 2.24) is 0 Å². The monoisotopic (exact) mass is 224 g/mol. The lowest BCUT2D eigenvalue weighted by atomic mass is 9.69. The molecule has 0 N–H and O–H groups in total. The van der Waals surface area contributed by atoms with Crippen molar-refractivity contribution in [3.63, 3.8) is 0 Å². The van der Waals surface area contributed by atoms with E-state index in [4.69, 9.17) is 4.74 Å². The first-order valence-corrected chi connectivity index (χ1v) is 5.47. The molecule has 0 saturated heterocycles. The smallest absolute Gasteiger partial charge is 0.302 e. The van der Waals surface area contributed by atoms with E-state index in [9.17, 15) is 14.4 Å². The minimum absolute atomic E-state index is 0.295. The Labute approximate surface area is 94.3 Å². The SMILES string of the molecule is CC(=O)O[C@H]1C(C)(C)[C@@H]2C[C@@]1(C)C(=O)C2=O. The highest BCUT2D eigenvalue weighted by molar-refractivity contribution is 6.43. The second-order valence-electron chi connectivity index (χ2n) is 5.68. The predicted molar refractivity (Wildman–Crippen MR) is 55.6 cm³/mol. The molecule has 0 aromatic carbocycles. The highest BCUT2D eigenvalue weighted by atomic mass is 16.5. The van der Waals surface area contributed by atoms with Crippen LogP contribution in [-0.4, -0.2) is 23.6 Å². The van der Waals surface area contributed by atoms with Crippen LogP contribution < -0.4 is 0 Å². The third kappa shape index (κ3) is 1.13. The number of esters is 1. The maximum absolute atomic E-state index is 11.8. The van der Waals surface area contributed by atoms with E-state index >= 15 is 0 Å². The van der Waals surface area contributed by atoms with Gasteiger partial charge < -0.3 is 4.74 Å². The number of carbonyl (C=O) groups excluding carboxylic acids is 3. The van der Waals surface area contributed by atoms with Gasteiger partial charge in [-0.25, -0.2) is 0 Å². The van der Waals surface area contributed by atoms with Crippen LogP contribution in [0.3, 0.4) is 0 Å². The van der Waals surface area contributed by atoms with E-state index in [1.807, 2.05) is 13.8 Å². The van der Waals surface area contributed by atoms with Crippen molar-refractivity contribution in [2.45, 2.75) is 40.2 Å². The average Bonchev–Trinajstić information content (AvgIpc) is 2.49. The van der Waals surface area contributed by atoms with Crippen LogP contribution in [-0.2, 0) is 19.1 Å². The second kappa shape index (κ2) is 2.93. The van der Waals surface area contributed by atoms with Crippen LogP contribution in [0.25, 0.3) is 0 Å². The first kappa shape index (κ1) is 11.3. The molecule has 0 aromatic rings. The van der Waals surface area contributed by atoms with E-state index in [1.54, 1.807) is 6.92 Å². The van der Waals surface area contributed by atoms with Crippen LogP contribution in [0, 0.1) is 16.7 Å². The molecule has 88 valence electrons. The molecule has 4 nitrogen and oxygen atoms in total. The van der Waals surface area contributed by atoms with Crippen molar-refractivity contribution < 1.29 is 19.1 Å². The first-order valence-electron chi connectivity index (χ1n) is 5.47. The second-order valence-corrected chi connectivity index (χ2v) is 5.68. The van der Waals surface area contributed by atoms with E-state index in [-0.39, 0.29) is 17.5 Å². The Morgan fingerprint density at radius 1 is 1.31 bits per heavy atom. The summed E-state index contributed by atoms with van der Waals surface area (Å²) in [5.41, 5.74) is -1.25. The number of hydrogen-bond donors (Lipinski definition) is 0. The summed E-state index contributed by atoms with van der Waals surface area (Å²) in [6, 6.07) is 0. The number of ether oxygens (including phenoxy) is 1. The van der Waals surface area contributed by atoms with Crippen molar-refractivity contribution in [2.24, 2.45) is 16.7 Å². The molecule has 0 amide bonds. The van der Waals surface area contributed by atoms with Gasteiger partial charge >= 0.3 is 5.97 Å². The average molecular weight is 224 g/mol. The van der Waals surface area contributed by atoms with E-state index in [0.29, 0.717) is 6.42 Å². The van der Waals surface area contributed by atoms with E-state index in [2.05, 4.69) is 0 Å². The summed E-state index contributed by atoms with van der Waals surface area (Å²) >= 11 is 0. The summed E-state index contributed by atoms with van der Waals surface area (Å²) in [6.45, 7) is 6.84. The molecule has 3 atom stereocenters. The molecule has 0 aromatic heterocycles. The van der Waals surface area contributed by atoms with E-state index in [0.717, 1.165) is 0 Å². The van der Waals surface area contributed by atoms with Gasteiger partial charge in [-0.15, -0.1) is 0 Å². The third-order valence-corrected chi connectivity index (χ3v) is 4.12. The molecule has 2 aliphatic carbocycles. The summed E-state index contributed by atoms with van der Waals surface area (Å²) in [5, 5.41) is 0. The fourth-order valence-electron chi connectivity index (χ4n) is 3.33. The van der Waals surface area contributed by atoms with Crippen LogP contribution >= 0.6 is 0 Å². The molecular weight excluding hydrogens is 208 g/mol. The number of ketones is 2. The van der Waals surface area contributed by atoms with Crippen LogP contribution in [0.1, 0.15) is 34.1 Å². The van der Waals surface area contributed by atoms with Gasteiger partial charge in [0.2, 0.25) is 11.6 Å². The lowest BCUT2D eigenvalue weighted by Crippen LogP contribution is -2.51. The molecule has 2 rings (SSSR count). The summed E-state index contributed by atoms with van der Waals surface area (Å²) in [4.78, 5) is 34.6. The van der Waals surface area contributed by atoms with Crippen molar-refractivity contribution in [1.29, 1.82) is 0 Å². The molecule has 0 heterocycles. The molecule has 16 heavy (non-hydrogen) atoms. The molecule has 2 saturated carbocycles. The molecule has 0 aliphatic heterocycles. The number of fused-ring (bicyclic) bond motifs is 2. The van der Waals surface area contributed by atoms with Gasteiger partial charge in [0.05, 0.1) is 5.41 Å². The van der Waals surface area contributed by atoms with Gasteiger partial charge in [0, 0.05) is 18.3 Å². The van der Waals surface area contributed by atoms with Gasteiger partial charge in [-0.2, -0.15) is 0 Å². The maximum atomic E-state index is 11.8. The Morgan fingerprint density at radius 3 is 2.31 bits per heavy atom. The molecular formula is C12H16O4. The zero-order valence-electron chi connectivity index (χ0n) is 9.99. The molecule has 2 fully saturated rings. The van der Waals surface area contributed by atoms with Gasteiger partial charge in [-0.05, 0) is 13.3 Å². The van der Waals surface area contributed by atoms with Gasteiger partial charge in [-0.3, -0.25) is 14.4 Å². The van der Waals surface area contributed by atoms with Crippen LogP contribution in [0.4, 0.5) is 0 Å². The Morgan fingerprint density at radius 2 is 1.88 bits per heavy atom. The van der Waals surface area contributed by atoms with Gasteiger partial charge in [-0.1, -0.05) is 13.8 Å². The summed E-state index contributed by atoms with van der Waals surface area (Å²) in [5.74, 6) is -1.36. The van der Waals surface area contributed by atoms with Crippen LogP contribution in [0.5, 0.6) is 0 Å². The fourth-order valence-corrected chi connectivity index (χ4v) is 3.33. The third-order valence-electron chi connectivity index (χ3n) is 4.12. The van der Waals surface area contributed by atoms with Gasteiger partial charge in [0.25, 0.3) is 0 Å². The zero-order valence-corrected chi connectivity index (χ0v) is 9.99. The van der Waals surface area contributed by atoms with E-state index in [1.165, 1.54) is 6.92 Å².